The summed E-state index contributed by atoms with van der Waals surface area (Å²) in [5, 5.41) is 4.55. The van der Waals surface area contributed by atoms with E-state index in [0.29, 0.717) is 11.1 Å². The fourth-order valence-corrected chi connectivity index (χ4v) is 3.47. The van der Waals surface area contributed by atoms with E-state index in [1.165, 1.54) is 0 Å². The van der Waals surface area contributed by atoms with Crippen molar-refractivity contribution >= 4 is 23.2 Å². The van der Waals surface area contributed by atoms with Crippen molar-refractivity contribution in [2.75, 3.05) is 5.43 Å². The monoisotopic (exact) mass is 402 g/mol. The molecule has 3 aromatic rings. The van der Waals surface area contributed by atoms with Gasteiger partial charge in [0.05, 0.1) is 11.4 Å². The van der Waals surface area contributed by atoms with Crippen LogP contribution in [0.15, 0.2) is 70.2 Å². The van der Waals surface area contributed by atoms with Crippen molar-refractivity contribution in [1.29, 1.82) is 0 Å². The molecule has 1 aromatic heterocycles. The van der Waals surface area contributed by atoms with Crippen LogP contribution in [0.2, 0.25) is 0 Å². The van der Waals surface area contributed by atoms with Crippen LogP contribution in [0.25, 0.3) is 0 Å². The molecule has 0 spiro atoms. The summed E-state index contributed by atoms with van der Waals surface area (Å²) in [6.07, 6.45) is 2.42. The highest BCUT2D eigenvalue weighted by atomic mass is 16.4. The van der Waals surface area contributed by atoms with Crippen molar-refractivity contribution in [2.24, 2.45) is 5.10 Å². The fourth-order valence-electron chi connectivity index (χ4n) is 3.47. The Morgan fingerprint density at radius 1 is 0.900 bits per heavy atom. The number of hydrazone groups is 1. The van der Waals surface area contributed by atoms with Gasteiger partial charge >= 0.3 is 5.91 Å². The number of hydrazine groups is 1. The van der Waals surface area contributed by atoms with Gasteiger partial charge in [-0.25, -0.2) is 0 Å². The standard InChI is InChI=1S/C23H22N4O3/c1-15-20-18(25-24-17-11-6-3-7-12-17)13-8-14-19(20)30-21(15)23(29)27-26-22(28)16-9-4-2-5-10-16/h2-7,9-12,24H,8,13-14H2,1H3,(H,26,28)(H,27,29)/b25-18+. The Morgan fingerprint density at radius 2 is 1.57 bits per heavy atom. The summed E-state index contributed by atoms with van der Waals surface area (Å²) >= 11 is 0. The molecule has 2 amide bonds. The molecule has 152 valence electrons. The van der Waals surface area contributed by atoms with Gasteiger partial charge in [-0.2, -0.15) is 5.10 Å². The summed E-state index contributed by atoms with van der Waals surface area (Å²) < 4.78 is 5.85. The molecular weight excluding hydrogens is 380 g/mol. The molecule has 1 aliphatic carbocycles. The molecule has 1 aliphatic rings. The first-order chi connectivity index (χ1) is 14.6. The van der Waals surface area contributed by atoms with E-state index in [1.54, 1.807) is 24.3 Å². The first-order valence-corrected chi connectivity index (χ1v) is 9.79. The van der Waals surface area contributed by atoms with Gasteiger partial charge in [0.1, 0.15) is 5.76 Å². The van der Waals surface area contributed by atoms with Crippen LogP contribution in [0.3, 0.4) is 0 Å². The summed E-state index contributed by atoms with van der Waals surface area (Å²) in [5.74, 6) is 0.0309. The maximum absolute atomic E-state index is 12.6. The van der Waals surface area contributed by atoms with Crippen LogP contribution >= 0.6 is 0 Å². The van der Waals surface area contributed by atoms with Crippen molar-refractivity contribution in [3.8, 4) is 0 Å². The Bertz CT molecular complexity index is 1090. The number of carbonyl (C=O) groups is 2. The molecule has 0 radical (unpaired) electrons. The Hall–Kier alpha value is -3.87. The molecule has 30 heavy (non-hydrogen) atoms. The number of rotatable bonds is 4. The van der Waals surface area contributed by atoms with Gasteiger partial charge < -0.3 is 4.42 Å². The maximum Gasteiger partial charge on any atom is 0.305 e. The largest absolute Gasteiger partial charge is 0.455 e. The first-order valence-electron chi connectivity index (χ1n) is 9.79. The second-order valence-electron chi connectivity index (χ2n) is 7.02. The number of nitrogens with zero attached hydrogens (tertiary/aromatic N) is 1. The number of carbonyl (C=O) groups excluding carboxylic acids is 2. The Balaban J connectivity index is 1.50. The lowest BCUT2D eigenvalue weighted by atomic mass is 9.93. The highest BCUT2D eigenvalue weighted by Gasteiger charge is 2.28. The van der Waals surface area contributed by atoms with E-state index in [0.717, 1.165) is 42.0 Å². The number of nitrogens with one attached hydrogen (secondary N) is 3. The van der Waals surface area contributed by atoms with E-state index in [2.05, 4.69) is 21.4 Å². The molecule has 7 nitrogen and oxygen atoms in total. The number of para-hydroxylation sites is 1. The molecule has 3 N–H and O–H groups in total. The zero-order chi connectivity index (χ0) is 20.9. The highest BCUT2D eigenvalue weighted by molar-refractivity contribution is 6.07. The third kappa shape index (κ3) is 4.10. The minimum Gasteiger partial charge on any atom is -0.455 e. The predicted octanol–water partition coefficient (Wildman–Crippen LogP) is 3.82. The van der Waals surface area contributed by atoms with Crippen molar-refractivity contribution in [2.45, 2.75) is 26.2 Å². The Kier molecular flexibility index (Phi) is 5.61. The van der Waals surface area contributed by atoms with E-state index in [9.17, 15) is 9.59 Å². The van der Waals surface area contributed by atoms with Crippen molar-refractivity contribution in [3.63, 3.8) is 0 Å². The lowest BCUT2D eigenvalue weighted by molar-refractivity contribution is 0.0829. The van der Waals surface area contributed by atoms with Crippen LogP contribution in [0, 0.1) is 6.92 Å². The zero-order valence-corrected chi connectivity index (χ0v) is 16.6. The van der Waals surface area contributed by atoms with Gasteiger partial charge in [-0.1, -0.05) is 36.4 Å². The zero-order valence-electron chi connectivity index (χ0n) is 16.6. The van der Waals surface area contributed by atoms with Crippen LogP contribution in [0.4, 0.5) is 5.69 Å². The number of hydrogen-bond acceptors (Lipinski definition) is 5. The summed E-state index contributed by atoms with van der Waals surface area (Å²) in [5.41, 5.74) is 11.7. The third-order valence-electron chi connectivity index (χ3n) is 4.95. The topological polar surface area (TPSA) is 95.7 Å². The smallest absolute Gasteiger partial charge is 0.305 e. The lowest BCUT2D eigenvalue weighted by Gasteiger charge is -2.13. The molecule has 0 atom stereocenters. The molecule has 0 unspecified atom stereocenters. The van der Waals surface area contributed by atoms with Crippen molar-refractivity contribution < 1.29 is 14.0 Å². The molecule has 7 heteroatoms. The average Bonchev–Trinajstić information content (AvgIpc) is 3.14. The van der Waals surface area contributed by atoms with E-state index >= 15 is 0 Å². The van der Waals surface area contributed by atoms with Gasteiger partial charge in [0.2, 0.25) is 0 Å². The molecule has 0 saturated carbocycles. The summed E-state index contributed by atoms with van der Waals surface area (Å²) in [6.45, 7) is 1.83. The molecule has 0 bridgehead atoms. The fraction of sp³-hybridized carbons (Fsp3) is 0.174. The minimum absolute atomic E-state index is 0.183. The number of benzene rings is 2. The van der Waals surface area contributed by atoms with Crippen LogP contribution < -0.4 is 16.3 Å². The lowest BCUT2D eigenvalue weighted by Crippen LogP contribution is -2.41. The van der Waals surface area contributed by atoms with Gasteiger partial charge in [0.25, 0.3) is 5.91 Å². The van der Waals surface area contributed by atoms with Gasteiger partial charge in [-0.05, 0) is 44.0 Å². The Morgan fingerprint density at radius 3 is 2.30 bits per heavy atom. The third-order valence-corrected chi connectivity index (χ3v) is 4.95. The Labute approximate surface area is 174 Å². The second-order valence-corrected chi connectivity index (χ2v) is 7.02. The van der Waals surface area contributed by atoms with Crippen molar-refractivity contribution in [1.82, 2.24) is 10.9 Å². The number of aryl methyl sites for hydroxylation is 1. The average molecular weight is 402 g/mol. The number of hydrogen-bond donors (Lipinski definition) is 3. The molecule has 0 saturated heterocycles. The summed E-state index contributed by atoms with van der Waals surface area (Å²) in [7, 11) is 0. The number of furan rings is 1. The number of amides is 2. The van der Waals surface area contributed by atoms with Crippen LogP contribution in [0.1, 0.15) is 50.6 Å². The van der Waals surface area contributed by atoms with E-state index < -0.39 is 11.8 Å². The molecule has 0 aliphatic heterocycles. The normalized spacial score (nSPS) is 14.1. The highest BCUT2D eigenvalue weighted by Crippen LogP contribution is 2.30. The van der Waals surface area contributed by atoms with E-state index in [-0.39, 0.29) is 5.76 Å². The molecule has 4 rings (SSSR count). The maximum atomic E-state index is 12.6. The van der Waals surface area contributed by atoms with E-state index in [1.807, 2.05) is 43.3 Å². The van der Waals surface area contributed by atoms with Gasteiger partial charge in [0, 0.05) is 23.1 Å². The van der Waals surface area contributed by atoms with Crippen molar-refractivity contribution in [3.05, 3.63) is 88.9 Å². The minimum atomic E-state index is -0.499. The number of anilines is 1. The van der Waals surface area contributed by atoms with Crippen LogP contribution in [-0.4, -0.2) is 17.5 Å². The van der Waals surface area contributed by atoms with E-state index in [4.69, 9.17) is 4.42 Å². The molecule has 2 aromatic carbocycles. The SMILES string of the molecule is Cc1c(C(=O)NNC(=O)c2ccccc2)oc2c1/C(=N/Nc1ccccc1)CCC2. The summed E-state index contributed by atoms with van der Waals surface area (Å²) in [4.78, 5) is 24.8. The van der Waals surface area contributed by atoms with Gasteiger partial charge in [-0.15, -0.1) is 0 Å². The predicted molar refractivity (Wildman–Crippen MR) is 114 cm³/mol. The second kappa shape index (κ2) is 8.65. The molecule has 1 heterocycles. The van der Waals surface area contributed by atoms with Gasteiger partial charge in [0.15, 0.2) is 5.76 Å². The molecule has 0 fully saturated rings. The summed E-state index contributed by atoms with van der Waals surface area (Å²) in [6, 6.07) is 18.3. The molecular formula is C23H22N4O3. The first kappa shape index (κ1) is 19.4. The van der Waals surface area contributed by atoms with Gasteiger partial charge in [-0.3, -0.25) is 25.9 Å². The van der Waals surface area contributed by atoms with Crippen LogP contribution in [-0.2, 0) is 6.42 Å². The van der Waals surface area contributed by atoms with Crippen LogP contribution in [0.5, 0.6) is 0 Å². The quantitative estimate of drug-likeness (QED) is 0.578. The number of fused-ring (bicyclic) bond motifs is 1.